The smallest absolute Gasteiger partial charge is 0.139 e. The Hall–Kier alpha value is -0.810. The van der Waals surface area contributed by atoms with E-state index in [4.69, 9.17) is 10.9 Å². The topological polar surface area (TPSA) is 73.9 Å². The van der Waals surface area contributed by atoms with Crippen LogP contribution in [0.3, 0.4) is 0 Å². The summed E-state index contributed by atoms with van der Waals surface area (Å²) in [5.41, 5.74) is 5.38. The number of unbranched alkanes of at least 4 members (excludes halogenated alkanes) is 1. The molecule has 1 saturated heterocycles. The first-order valence-corrected chi connectivity index (χ1v) is 6.72. The van der Waals surface area contributed by atoms with Gasteiger partial charge in [0.25, 0.3) is 0 Å². The summed E-state index contributed by atoms with van der Waals surface area (Å²) in [7, 11) is 0. The monoisotopic (exact) mass is 242 g/mol. The minimum Gasteiger partial charge on any atom is -0.409 e. The van der Waals surface area contributed by atoms with Crippen molar-refractivity contribution in [2.24, 2.45) is 10.9 Å². The molecule has 0 radical (unpaired) electrons. The van der Waals surface area contributed by atoms with Crippen LogP contribution in [-0.4, -0.2) is 48.7 Å². The Bertz CT molecular complexity index is 215. The predicted molar refractivity (Wildman–Crippen MR) is 70.4 cm³/mol. The third-order valence-corrected chi connectivity index (χ3v) is 3.19. The maximum Gasteiger partial charge on any atom is 0.139 e. The third-order valence-electron chi connectivity index (χ3n) is 3.19. The first-order chi connectivity index (χ1) is 8.33. The summed E-state index contributed by atoms with van der Waals surface area (Å²) in [6, 6.07) is 0. The summed E-state index contributed by atoms with van der Waals surface area (Å²) in [4.78, 5) is 2.54. The Morgan fingerprint density at radius 3 is 2.59 bits per heavy atom. The summed E-state index contributed by atoms with van der Waals surface area (Å²) < 4.78 is 0. The number of oxime groups is 1. The summed E-state index contributed by atoms with van der Waals surface area (Å²) in [6.07, 6.45) is 6.74. The van der Waals surface area contributed by atoms with Gasteiger partial charge in [-0.2, -0.15) is 0 Å². The molecule has 1 fully saturated rings. The van der Waals surface area contributed by atoms with E-state index >= 15 is 0 Å². The van der Waals surface area contributed by atoms with E-state index in [0.29, 0.717) is 12.3 Å². The normalized spacial score (nSPS) is 17.8. The molecule has 17 heavy (non-hydrogen) atoms. The van der Waals surface area contributed by atoms with Gasteiger partial charge in [-0.3, -0.25) is 0 Å². The van der Waals surface area contributed by atoms with Crippen LogP contribution in [0.2, 0.25) is 0 Å². The number of nitrogens with two attached hydrogens (primary N) is 1. The van der Waals surface area contributed by atoms with Crippen molar-refractivity contribution in [1.82, 2.24) is 10.2 Å². The largest absolute Gasteiger partial charge is 0.409 e. The van der Waals surface area contributed by atoms with E-state index in [1.165, 1.54) is 38.9 Å². The average Bonchev–Trinajstić information content (AvgIpc) is 2.85. The van der Waals surface area contributed by atoms with E-state index in [-0.39, 0.29) is 0 Å². The van der Waals surface area contributed by atoms with Gasteiger partial charge in [-0.05, 0) is 64.8 Å². The molecule has 100 valence electrons. The van der Waals surface area contributed by atoms with Crippen LogP contribution in [0, 0.1) is 0 Å². The predicted octanol–water partition coefficient (Wildman–Crippen LogP) is 0.979. The van der Waals surface area contributed by atoms with Crippen LogP contribution in [0.5, 0.6) is 0 Å². The van der Waals surface area contributed by atoms with Crippen molar-refractivity contribution in [3.05, 3.63) is 0 Å². The van der Waals surface area contributed by atoms with Gasteiger partial charge in [0.2, 0.25) is 0 Å². The molecule has 1 aliphatic rings. The van der Waals surface area contributed by atoms with E-state index < -0.39 is 0 Å². The molecule has 1 aliphatic heterocycles. The fourth-order valence-electron chi connectivity index (χ4n) is 2.17. The molecule has 0 aromatic carbocycles. The SMILES string of the molecule is NC(CCCCNCCCN1CCCC1)=NO. The quantitative estimate of drug-likeness (QED) is 0.185. The van der Waals surface area contributed by atoms with E-state index in [1.54, 1.807) is 0 Å². The maximum absolute atomic E-state index is 8.35. The summed E-state index contributed by atoms with van der Waals surface area (Å²) in [6.45, 7) is 5.94. The fourth-order valence-corrected chi connectivity index (χ4v) is 2.17. The lowest BCUT2D eigenvalue weighted by molar-refractivity contribution is 0.316. The molecule has 0 aliphatic carbocycles. The summed E-state index contributed by atoms with van der Waals surface area (Å²) >= 11 is 0. The van der Waals surface area contributed by atoms with E-state index in [2.05, 4.69) is 15.4 Å². The van der Waals surface area contributed by atoms with Crippen LogP contribution in [-0.2, 0) is 0 Å². The lowest BCUT2D eigenvalue weighted by Gasteiger charge is -2.14. The Morgan fingerprint density at radius 2 is 1.88 bits per heavy atom. The van der Waals surface area contributed by atoms with Crippen molar-refractivity contribution in [2.75, 3.05) is 32.7 Å². The highest BCUT2D eigenvalue weighted by atomic mass is 16.4. The van der Waals surface area contributed by atoms with Crippen molar-refractivity contribution < 1.29 is 5.21 Å². The second-order valence-corrected chi connectivity index (χ2v) is 4.70. The van der Waals surface area contributed by atoms with Crippen molar-refractivity contribution >= 4 is 5.84 Å². The minimum absolute atomic E-state index is 0.332. The lowest BCUT2D eigenvalue weighted by atomic mass is 10.2. The first-order valence-electron chi connectivity index (χ1n) is 6.72. The Kier molecular flexibility index (Phi) is 7.75. The van der Waals surface area contributed by atoms with Gasteiger partial charge in [0, 0.05) is 6.42 Å². The molecule has 0 bridgehead atoms. The lowest BCUT2D eigenvalue weighted by Crippen LogP contribution is -2.25. The molecule has 0 aromatic rings. The van der Waals surface area contributed by atoms with Crippen molar-refractivity contribution in [1.29, 1.82) is 0 Å². The second kappa shape index (κ2) is 9.24. The first kappa shape index (κ1) is 14.3. The third kappa shape index (κ3) is 7.18. The van der Waals surface area contributed by atoms with Gasteiger partial charge in [0.1, 0.15) is 5.84 Å². The maximum atomic E-state index is 8.35. The van der Waals surface area contributed by atoms with Crippen LogP contribution in [0.25, 0.3) is 0 Å². The van der Waals surface area contributed by atoms with Crippen LogP contribution in [0.1, 0.15) is 38.5 Å². The molecular weight excluding hydrogens is 216 g/mol. The zero-order valence-electron chi connectivity index (χ0n) is 10.7. The van der Waals surface area contributed by atoms with Crippen molar-refractivity contribution in [3.8, 4) is 0 Å². The van der Waals surface area contributed by atoms with Gasteiger partial charge < -0.3 is 21.2 Å². The van der Waals surface area contributed by atoms with Crippen LogP contribution in [0.4, 0.5) is 0 Å². The van der Waals surface area contributed by atoms with Crippen molar-refractivity contribution in [3.63, 3.8) is 0 Å². The van der Waals surface area contributed by atoms with Gasteiger partial charge in [0.05, 0.1) is 0 Å². The van der Waals surface area contributed by atoms with Gasteiger partial charge in [-0.1, -0.05) is 5.16 Å². The average molecular weight is 242 g/mol. The van der Waals surface area contributed by atoms with E-state index in [0.717, 1.165) is 25.9 Å². The van der Waals surface area contributed by atoms with Crippen molar-refractivity contribution in [2.45, 2.75) is 38.5 Å². The molecular formula is C12H26N4O. The van der Waals surface area contributed by atoms with Gasteiger partial charge >= 0.3 is 0 Å². The number of amidine groups is 1. The van der Waals surface area contributed by atoms with Crippen LogP contribution >= 0.6 is 0 Å². The molecule has 0 saturated carbocycles. The number of hydrogen-bond acceptors (Lipinski definition) is 4. The number of nitrogens with one attached hydrogen (secondary N) is 1. The molecule has 1 heterocycles. The van der Waals surface area contributed by atoms with E-state index in [9.17, 15) is 0 Å². The highest BCUT2D eigenvalue weighted by molar-refractivity contribution is 5.79. The number of nitrogens with zero attached hydrogens (tertiary/aromatic N) is 2. The number of likely N-dealkylation sites (tertiary alicyclic amines) is 1. The number of rotatable bonds is 9. The molecule has 5 heteroatoms. The summed E-state index contributed by atoms with van der Waals surface area (Å²) in [5, 5.41) is 14.7. The second-order valence-electron chi connectivity index (χ2n) is 4.70. The molecule has 0 atom stereocenters. The zero-order chi connectivity index (χ0) is 12.3. The molecule has 4 N–H and O–H groups in total. The highest BCUT2D eigenvalue weighted by Gasteiger charge is 2.09. The molecule has 1 rings (SSSR count). The zero-order valence-corrected chi connectivity index (χ0v) is 10.7. The van der Waals surface area contributed by atoms with E-state index in [1.807, 2.05) is 0 Å². The van der Waals surface area contributed by atoms with Gasteiger partial charge in [0.15, 0.2) is 0 Å². The molecule has 0 spiro atoms. The molecule has 0 unspecified atom stereocenters. The Balaban J connectivity index is 1.78. The highest BCUT2D eigenvalue weighted by Crippen LogP contribution is 2.06. The molecule has 5 nitrogen and oxygen atoms in total. The van der Waals surface area contributed by atoms with Gasteiger partial charge in [-0.15, -0.1) is 0 Å². The fraction of sp³-hybridized carbons (Fsp3) is 0.917. The molecule has 0 amide bonds. The summed E-state index contributed by atoms with van der Waals surface area (Å²) in [5.74, 6) is 0.332. The van der Waals surface area contributed by atoms with Gasteiger partial charge in [-0.25, -0.2) is 0 Å². The Labute approximate surface area is 104 Å². The number of hydrogen-bond donors (Lipinski definition) is 3. The van der Waals surface area contributed by atoms with Crippen LogP contribution < -0.4 is 11.1 Å². The molecule has 0 aromatic heterocycles. The minimum atomic E-state index is 0.332. The van der Waals surface area contributed by atoms with Crippen LogP contribution in [0.15, 0.2) is 5.16 Å². The standard InChI is InChI=1S/C12H26N4O/c13-12(15-17)6-1-2-7-14-8-5-11-16-9-3-4-10-16/h14,17H,1-11H2,(H2,13,15). The Morgan fingerprint density at radius 1 is 1.18 bits per heavy atom.